The minimum Gasteiger partial charge on any atom is -0.434 e. The van der Waals surface area contributed by atoms with Gasteiger partial charge in [0, 0.05) is 28.2 Å². The van der Waals surface area contributed by atoms with Crippen molar-refractivity contribution in [1.29, 1.82) is 0 Å². The number of hydrogen-bond acceptors (Lipinski definition) is 4. The highest BCUT2D eigenvalue weighted by molar-refractivity contribution is 9.10. The normalized spacial score (nSPS) is 14.2. The topological polar surface area (TPSA) is 75.7 Å². The second-order valence-corrected chi connectivity index (χ2v) is 5.88. The van der Waals surface area contributed by atoms with Crippen molar-refractivity contribution < 1.29 is 27.9 Å². The van der Waals surface area contributed by atoms with Crippen molar-refractivity contribution in [3.63, 3.8) is 0 Å². The SMILES string of the molecule is CC1=CC(=O)N(CC(=O)NCc2cc(Br)ccc2OC(F)F)C1=O. The van der Waals surface area contributed by atoms with E-state index in [9.17, 15) is 23.2 Å². The lowest BCUT2D eigenvalue weighted by Crippen LogP contribution is -2.40. The molecule has 0 atom stereocenters. The van der Waals surface area contributed by atoms with Crippen LogP contribution in [0.5, 0.6) is 5.75 Å². The lowest BCUT2D eigenvalue weighted by atomic mass is 10.2. The minimum atomic E-state index is -2.99. The molecular weight excluding hydrogens is 390 g/mol. The molecule has 2 rings (SSSR count). The standard InChI is InChI=1S/C15H13BrF2N2O4/c1-8-4-13(22)20(14(8)23)7-12(21)19-6-9-5-10(16)2-3-11(9)24-15(17)18/h2-5,15H,6-7H2,1H3,(H,19,21). The Morgan fingerprint density at radius 1 is 1.38 bits per heavy atom. The Hall–Kier alpha value is -2.29. The Morgan fingerprint density at radius 3 is 2.67 bits per heavy atom. The lowest BCUT2D eigenvalue weighted by molar-refractivity contribution is -0.141. The number of amides is 3. The summed E-state index contributed by atoms with van der Waals surface area (Å²) in [4.78, 5) is 36.0. The molecule has 0 unspecified atom stereocenters. The highest BCUT2D eigenvalue weighted by Gasteiger charge is 2.29. The number of nitrogens with zero attached hydrogens (tertiary/aromatic N) is 1. The second-order valence-electron chi connectivity index (χ2n) is 4.96. The molecule has 1 N–H and O–H groups in total. The average Bonchev–Trinajstić information content (AvgIpc) is 2.73. The number of carbonyl (C=O) groups excluding carboxylic acids is 3. The molecule has 0 aliphatic carbocycles. The third kappa shape index (κ3) is 4.38. The predicted octanol–water partition coefficient (Wildman–Crippen LogP) is 1.98. The van der Waals surface area contributed by atoms with Gasteiger partial charge in [-0.15, -0.1) is 0 Å². The summed E-state index contributed by atoms with van der Waals surface area (Å²) in [6.45, 7) is -2.05. The smallest absolute Gasteiger partial charge is 0.387 e. The first-order valence-electron chi connectivity index (χ1n) is 6.82. The number of benzene rings is 1. The zero-order chi connectivity index (χ0) is 17.9. The summed E-state index contributed by atoms with van der Waals surface area (Å²) < 4.78 is 29.8. The number of nitrogens with one attached hydrogen (secondary N) is 1. The van der Waals surface area contributed by atoms with Crippen LogP contribution >= 0.6 is 15.9 Å². The van der Waals surface area contributed by atoms with Crippen LogP contribution in [0.3, 0.4) is 0 Å². The molecule has 24 heavy (non-hydrogen) atoms. The molecule has 3 amide bonds. The molecule has 1 aliphatic rings. The summed E-state index contributed by atoms with van der Waals surface area (Å²) in [7, 11) is 0. The summed E-state index contributed by atoms with van der Waals surface area (Å²) in [5.41, 5.74) is 0.582. The van der Waals surface area contributed by atoms with Gasteiger partial charge < -0.3 is 10.1 Å². The average molecular weight is 403 g/mol. The van der Waals surface area contributed by atoms with Gasteiger partial charge in [0.2, 0.25) is 5.91 Å². The third-order valence-corrected chi connectivity index (χ3v) is 3.70. The minimum absolute atomic E-state index is 0.0701. The number of rotatable bonds is 6. The van der Waals surface area contributed by atoms with Gasteiger partial charge in [-0.25, -0.2) is 0 Å². The van der Waals surface area contributed by atoms with Crippen molar-refractivity contribution in [2.24, 2.45) is 0 Å². The molecule has 1 aliphatic heterocycles. The van der Waals surface area contributed by atoms with E-state index in [2.05, 4.69) is 26.0 Å². The molecule has 1 aromatic carbocycles. The Morgan fingerprint density at radius 2 is 2.08 bits per heavy atom. The van der Waals surface area contributed by atoms with E-state index in [1.165, 1.54) is 25.1 Å². The van der Waals surface area contributed by atoms with E-state index >= 15 is 0 Å². The van der Waals surface area contributed by atoms with Crippen molar-refractivity contribution in [3.8, 4) is 5.75 Å². The zero-order valence-corrected chi connectivity index (χ0v) is 14.1. The van der Waals surface area contributed by atoms with Crippen LogP contribution in [0.25, 0.3) is 0 Å². The number of carbonyl (C=O) groups is 3. The summed E-state index contributed by atoms with van der Waals surface area (Å²) >= 11 is 3.20. The van der Waals surface area contributed by atoms with Gasteiger partial charge in [0.25, 0.3) is 11.8 Å². The number of halogens is 3. The quantitative estimate of drug-likeness (QED) is 0.738. The Kier molecular flexibility index (Phi) is 5.66. The van der Waals surface area contributed by atoms with Gasteiger partial charge in [-0.2, -0.15) is 8.78 Å². The molecule has 0 fully saturated rings. The molecule has 0 aromatic heterocycles. The maximum Gasteiger partial charge on any atom is 0.387 e. The van der Waals surface area contributed by atoms with E-state index in [1.807, 2.05) is 0 Å². The Labute approximate surface area is 144 Å². The van der Waals surface area contributed by atoms with E-state index in [-0.39, 0.29) is 17.9 Å². The van der Waals surface area contributed by atoms with E-state index in [1.54, 1.807) is 0 Å². The van der Waals surface area contributed by atoms with Crippen LogP contribution in [0.2, 0.25) is 0 Å². The van der Waals surface area contributed by atoms with Gasteiger partial charge in [0.05, 0.1) is 0 Å². The molecule has 0 spiro atoms. The molecule has 0 saturated heterocycles. The van der Waals surface area contributed by atoms with Crippen LogP contribution in [0.4, 0.5) is 8.78 Å². The summed E-state index contributed by atoms with van der Waals surface area (Å²) in [5.74, 6) is -1.75. The first kappa shape index (κ1) is 18.1. The number of hydrogen-bond donors (Lipinski definition) is 1. The number of alkyl halides is 2. The van der Waals surface area contributed by atoms with E-state index in [0.717, 1.165) is 11.0 Å². The van der Waals surface area contributed by atoms with Crippen LogP contribution in [0.15, 0.2) is 34.3 Å². The van der Waals surface area contributed by atoms with Gasteiger partial charge >= 0.3 is 6.61 Å². The Bertz CT molecular complexity index is 721. The van der Waals surface area contributed by atoms with Crippen LogP contribution in [-0.2, 0) is 20.9 Å². The first-order chi connectivity index (χ1) is 11.3. The van der Waals surface area contributed by atoms with Crippen LogP contribution < -0.4 is 10.1 Å². The van der Waals surface area contributed by atoms with Gasteiger partial charge in [-0.05, 0) is 25.1 Å². The predicted molar refractivity (Wildman–Crippen MR) is 83.1 cm³/mol. The summed E-state index contributed by atoms with van der Waals surface area (Å²) in [6, 6.07) is 4.40. The van der Waals surface area contributed by atoms with E-state index < -0.39 is 30.9 Å². The maximum absolute atomic E-state index is 12.4. The monoisotopic (exact) mass is 402 g/mol. The molecule has 9 heteroatoms. The molecule has 1 aromatic rings. The molecule has 0 saturated carbocycles. The summed E-state index contributed by atoms with van der Waals surface area (Å²) in [6.07, 6.45) is 1.15. The fourth-order valence-corrected chi connectivity index (χ4v) is 2.49. The second kappa shape index (κ2) is 7.52. The highest BCUT2D eigenvalue weighted by Crippen LogP contribution is 2.24. The first-order valence-corrected chi connectivity index (χ1v) is 7.61. The maximum atomic E-state index is 12.4. The summed E-state index contributed by atoms with van der Waals surface area (Å²) in [5, 5.41) is 2.47. The van der Waals surface area contributed by atoms with Crippen molar-refractivity contribution in [2.45, 2.75) is 20.1 Å². The van der Waals surface area contributed by atoms with Crippen molar-refractivity contribution in [2.75, 3.05) is 6.54 Å². The third-order valence-electron chi connectivity index (χ3n) is 3.20. The lowest BCUT2D eigenvalue weighted by Gasteiger charge is -2.15. The van der Waals surface area contributed by atoms with E-state index in [0.29, 0.717) is 10.0 Å². The van der Waals surface area contributed by atoms with Gasteiger partial charge in [-0.3, -0.25) is 19.3 Å². The highest BCUT2D eigenvalue weighted by atomic mass is 79.9. The fraction of sp³-hybridized carbons (Fsp3) is 0.267. The molecule has 0 bridgehead atoms. The van der Waals surface area contributed by atoms with Crippen LogP contribution in [-0.4, -0.2) is 35.8 Å². The molecular formula is C15H13BrF2N2O4. The molecule has 0 radical (unpaired) electrons. The zero-order valence-electron chi connectivity index (χ0n) is 12.5. The van der Waals surface area contributed by atoms with Crippen molar-refractivity contribution >= 4 is 33.7 Å². The number of ether oxygens (including phenoxy) is 1. The van der Waals surface area contributed by atoms with E-state index in [4.69, 9.17) is 0 Å². The van der Waals surface area contributed by atoms with Crippen molar-refractivity contribution in [3.05, 3.63) is 39.9 Å². The van der Waals surface area contributed by atoms with Gasteiger partial charge in [0.15, 0.2) is 0 Å². The number of imide groups is 1. The molecule has 128 valence electrons. The largest absolute Gasteiger partial charge is 0.434 e. The molecule has 6 nitrogen and oxygen atoms in total. The van der Waals surface area contributed by atoms with Gasteiger partial charge in [0.1, 0.15) is 12.3 Å². The fourth-order valence-electron chi connectivity index (χ4n) is 2.08. The Balaban J connectivity index is 1.98. The van der Waals surface area contributed by atoms with Gasteiger partial charge in [-0.1, -0.05) is 15.9 Å². The van der Waals surface area contributed by atoms with Crippen molar-refractivity contribution in [1.82, 2.24) is 10.2 Å². The van der Waals surface area contributed by atoms with Crippen LogP contribution in [0, 0.1) is 0 Å². The molecule has 1 heterocycles. The van der Waals surface area contributed by atoms with Crippen LogP contribution in [0.1, 0.15) is 12.5 Å².